The lowest BCUT2D eigenvalue weighted by Crippen LogP contribution is -2.34. The lowest BCUT2D eigenvalue weighted by atomic mass is 9.86. The van der Waals surface area contributed by atoms with Gasteiger partial charge in [-0.05, 0) is 57.8 Å². The Morgan fingerprint density at radius 2 is 2.06 bits per heavy atom. The van der Waals surface area contributed by atoms with Crippen molar-refractivity contribution in [3.05, 3.63) is 30.1 Å². The molecule has 0 aliphatic heterocycles. The predicted molar refractivity (Wildman–Crippen MR) is 75.4 cm³/mol. The van der Waals surface area contributed by atoms with Crippen LogP contribution in [0.15, 0.2) is 24.4 Å². The molecule has 18 heavy (non-hydrogen) atoms. The monoisotopic (exact) mass is 247 g/mol. The summed E-state index contributed by atoms with van der Waals surface area (Å²) in [6, 6.07) is 6.90. The highest BCUT2D eigenvalue weighted by molar-refractivity contribution is 5.03. The van der Waals surface area contributed by atoms with Gasteiger partial charge in [-0.2, -0.15) is 0 Å². The van der Waals surface area contributed by atoms with Crippen LogP contribution in [0.4, 0.5) is 0 Å². The molecule has 1 aliphatic carbocycles. The topological polar surface area (TPSA) is 28.2 Å². The highest BCUT2D eigenvalue weighted by Gasteiger charge is 2.20. The average molecular weight is 247 g/mol. The van der Waals surface area contributed by atoms with Crippen LogP contribution in [-0.4, -0.2) is 36.6 Å². The Bertz CT molecular complexity index is 331. The van der Waals surface area contributed by atoms with Gasteiger partial charge in [-0.3, -0.25) is 4.98 Å². The lowest BCUT2D eigenvalue weighted by molar-refractivity contribution is 0.210. The second-order valence-corrected chi connectivity index (χ2v) is 5.52. The van der Waals surface area contributed by atoms with Crippen LogP contribution in [0.2, 0.25) is 0 Å². The highest BCUT2D eigenvalue weighted by Crippen LogP contribution is 2.24. The summed E-state index contributed by atoms with van der Waals surface area (Å²) in [7, 11) is 4.29. The van der Waals surface area contributed by atoms with E-state index in [4.69, 9.17) is 0 Å². The van der Waals surface area contributed by atoms with E-state index in [0.717, 1.165) is 18.5 Å². The van der Waals surface area contributed by atoms with Crippen molar-refractivity contribution < 1.29 is 0 Å². The Labute approximate surface area is 111 Å². The fourth-order valence-corrected chi connectivity index (χ4v) is 2.91. The number of nitrogens with zero attached hydrogens (tertiary/aromatic N) is 2. The van der Waals surface area contributed by atoms with E-state index in [0.29, 0.717) is 0 Å². The van der Waals surface area contributed by atoms with Gasteiger partial charge in [0.25, 0.3) is 0 Å². The van der Waals surface area contributed by atoms with Crippen molar-refractivity contribution in [3.8, 4) is 0 Å². The molecule has 1 aromatic rings. The van der Waals surface area contributed by atoms with Crippen LogP contribution in [0.1, 0.15) is 31.4 Å². The number of pyridine rings is 1. The smallest absolute Gasteiger partial charge is 0.0543 e. The first-order valence-electron chi connectivity index (χ1n) is 7.03. The molecule has 1 heterocycles. The molecule has 1 saturated carbocycles. The molecule has 0 atom stereocenters. The molecule has 2 rings (SSSR count). The van der Waals surface area contributed by atoms with Crippen molar-refractivity contribution in [1.82, 2.24) is 15.2 Å². The Balaban J connectivity index is 1.73. The molecule has 0 bridgehead atoms. The minimum Gasteiger partial charge on any atom is -0.317 e. The zero-order chi connectivity index (χ0) is 12.8. The fourth-order valence-electron chi connectivity index (χ4n) is 2.91. The first kappa shape index (κ1) is 13.5. The standard InChI is InChI=1S/C15H25N3/c1-16-14-8-6-13(7-9-14)11-18(2)12-15-5-3-4-10-17-15/h3-5,10,13-14,16H,6-9,11-12H2,1-2H3. The molecule has 1 aliphatic rings. The van der Waals surface area contributed by atoms with Crippen molar-refractivity contribution in [2.75, 3.05) is 20.6 Å². The number of hydrogen-bond acceptors (Lipinski definition) is 3. The van der Waals surface area contributed by atoms with Gasteiger partial charge in [-0.15, -0.1) is 0 Å². The van der Waals surface area contributed by atoms with Crippen LogP contribution < -0.4 is 5.32 Å². The highest BCUT2D eigenvalue weighted by atomic mass is 15.1. The molecule has 3 nitrogen and oxygen atoms in total. The molecular weight excluding hydrogens is 222 g/mol. The van der Waals surface area contributed by atoms with Gasteiger partial charge in [0, 0.05) is 25.3 Å². The number of hydrogen-bond donors (Lipinski definition) is 1. The van der Waals surface area contributed by atoms with Crippen LogP contribution in [0.5, 0.6) is 0 Å². The molecule has 1 fully saturated rings. The van der Waals surface area contributed by atoms with E-state index in [2.05, 4.69) is 41.4 Å². The van der Waals surface area contributed by atoms with Crippen molar-refractivity contribution in [2.24, 2.45) is 5.92 Å². The molecule has 0 aromatic carbocycles. The third kappa shape index (κ3) is 4.07. The van der Waals surface area contributed by atoms with E-state index in [1.54, 1.807) is 0 Å². The third-order valence-electron chi connectivity index (χ3n) is 3.98. The molecule has 0 spiro atoms. The van der Waals surface area contributed by atoms with E-state index in [1.165, 1.54) is 37.9 Å². The molecular formula is C15H25N3. The lowest BCUT2D eigenvalue weighted by Gasteiger charge is -2.31. The molecule has 0 amide bonds. The number of rotatable bonds is 5. The quantitative estimate of drug-likeness (QED) is 0.865. The largest absolute Gasteiger partial charge is 0.317 e. The molecule has 0 saturated heterocycles. The Kier molecular flexibility index (Phi) is 5.14. The summed E-state index contributed by atoms with van der Waals surface area (Å²) in [6.07, 6.45) is 7.26. The maximum Gasteiger partial charge on any atom is 0.0543 e. The third-order valence-corrected chi connectivity index (χ3v) is 3.98. The van der Waals surface area contributed by atoms with Gasteiger partial charge in [0.15, 0.2) is 0 Å². The summed E-state index contributed by atoms with van der Waals surface area (Å²) in [5.41, 5.74) is 1.17. The second kappa shape index (κ2) is 6.86. The Morgan fingerprint density at radius 3 is 2.67 bits per heavy atom. The van der Waals surface area contributed by atoms with Crippen LogP contribution in [0.3, 0.4) is 0 Å². The van der Waals surface area contributed by atoms with Crippen molar-refractivity contribution in [2.45, 2.75) is 38.3 Å². The zero-order valence-electron chi connectivity index (χ0n) is 11.6. The van der Waals surface area contributed by atoms with Gasteiger partial charge >= 0.3 is 0 Å². The minimum atomic E-state index is 0.752. The molecule has 1 aromatic heterocycles. The van der Waals surface area contributed by atoms with Gasteiger partial charge in [0.05, 0.1) is 5.69 Å². The van der Waals surface area contributed by atoms with Crippen LogP contribution in [-0.2, 0) is 6.54 Å². The summed E-state index contributed by atoms with van der Waals surface area (Å²) in [6.45, 7) is 2.17. The van der Waals surface area contributed by atoms with Crippen molar-refractivity contribution in [3.63, 3.8) is 0 Å². The van der Waals surface area contributed by atoms with Crippen molar-refractivity contribution >= 4 is 0 Å². The molecule has 0 unspecified atom stereocenters. The van der Waals surface area contributed by atoms with E-state index < -0.39 is 0 Å². The summed E-state index contributed by atoms with van der Waals surface area (Å²) in [4.78, 5) is 6.79. The first-order chi connectivity index (χ1) is 8.78. The summed E-state index contributed by atoms with van der Waals surface area (Å²) in [5, 5.41) is 3.39. The Morgan fingerprint density at radius 1 is 1.28 bits per heavy atom. The van der Waals surface area contributed by atoms with Gasteiger partial charge in [-0.25, -0.2) is 0 Å². The average Bonchev–Trinajstić information content (AvgIpc) is 2.40. The summed E-state index contributed by atoms with van der Waals surface area (Å²) < 4.78 is 0. The van der Waals surface area contributed by atoms with Crippen LogP contribution in [0, 0.1) is 5.92 Å². The number of aromatic nitrogens is 1. The molecule has 0 radical (unpaired) electrons. The van der Waals surface area contributed by atoms with Crippen LogP contribution in [0.25, 0.3) is 0 Å². The minimum absolute atomic E-state index is 0.752. The molecule has 100 valence electrons. The van der Waals surface area contributed by atoms with E-state index >= 15 is 0 Å². The predicted octanol–water partition coefficient (Wildman–Crippen LogP) is 2.29. The zero-order valence-corrected chi connectivity index (χ0v) is 11.6. The molecule has 3 heteroatoms. The Hall–Kier alpha value is -0.930. The van der Waals surface area contributed by atoms with Gasteiger partial charge in [-0.1, -0.05) is 6.07 Å². The second-order valence-electron chi connectivity index (χ2n) is 5.52. The van der Waals surface area contributed by atoms with Gasteiger partial charge in [0.2, 0.25) is 0 Å². The molecule has 1 N–H and O–H groups in total. The van der Waals surface area contributed by atoms with E-state index in [-0.39, 0.29) is 0 Å². The number of nitrogens with one attached hydrogen (secondary N) is 1. The van der Waals surface area contributed by atoms with E-state index in [9.17, 15) is 0 Å². The van der Waals surface area contributed by atoms with Gasteiger partial charge in [0.1, 0.15) is 0 Å². The fraction of sp³-hybridized carbons (Fsp3) is 0.667. The first-order valence-corrected chi connectivity index (χ1v) is 7.03. The maximum absolute atomic E-state index is 4.39. The SMILES string of the molecule is CNC1CCC(CN(C)Cc2ccccn2)CC1. The van der Waals surface area contributed by atoms with Gasteiger partial charge < -0.3 is 10.2 Å². The summed E-state index contributed by atoms with van der Waals surface area (Å²) >= 11 is 0. The van der Waals surface area contributed by atoms with Crippen LogP contribution >= 0.6 is 0 Å². The summed E-state index contributed by atoms with van der Waals surface area (Å²) in [5.74, 6) is 0.864. The van der Waals surface area contributed by atoms with Crippen molar-refractivity contribution in [1.29, 1.82) is 0 Å². The maximum atomic E-state index is 4.39. The normalized spacial score (nSPS) is 24.4. The van der Waals surface area contributed by atoms with E-state index in [1.807, 2.05) is 12.3 Å².